The standard InChI is InChI=1S/C23H25N5O2S/c1-16-6-5-7-18(14-16)22-25-26-23(28(22)19-8-3-2-4-9-19)31-15-20(29)27-12-10-17(11-13-27)21(24)30/h2-9,14,17H,10-13,15H2,1H3,(H2,24,30). The minimum absolute atomic E-state index is 0.0348. The number of rotatable bonds is 6. The summed E-state index contributed by atoms with van der Waals surface area (Å²) in [6.07, 6.45) is 1.26. The van der Waals surface area contributed by atoms with E-state index >= 15 is 0 Å². The monoisotopic (exact) mass is 435 g/mol. The Morgan fingerprint density at radius 2 is 1.81 bits per heavy atom. The second kappa shape index (κ2) is 9.34. The lowest BCUT2D eigenvalue weighted by molar-refractivity contribution is -0.132. The molecule has 0 radical (unpaired) electrons. The lowest BCUT2D eigenvalue weighted by atomic mass is 9.96. The number of aryl methyl sites for hydroxylation is 1. The Bertz CT molecular complexity index is 1070. The predicted octanol–water partition coefficient (Wildman–Crippen LogP) is 3.06. The van der Waals surface area contributed by atoms with E-state index in [4.69, 9.17) is 5.73 Å². The molecular formula is C23H25N5O2S. The van der Waals surface area contributed by atoms with E-state index in [9.17, 15) is 9.59 Å². The number of hydrogen-bond acceptors (Lipinski definition) is 5. The van der Waals surface area contributed by atoms with Crippen LogP contribution in [0, 0.1) is 12.8 Å². The number of carbonyl (C=O) groups is 2. The molecule has 0 saturated carbocycles. The van der Waals surface area contributed by atoms with Crippen LogP contribution < -0.4 is 5.73 Å². The number of carbonyl (C=O) groups excluding carboxylic acids is 2. The van der Waals surface area contributed by atoms with E-state index in [1.807, 2.05) is 60.0 Å². The Labute approximate surface area is 185 Å². The molecule has 8 heteroatoms. The summed E-state index contributed by atoms with van der Waals surface area (Å²) in [7, 11) is 0. The molecule has 1 fully saturated rings. The van der Waals surface area contributed by atoms with Gasteiger partial charge in [0.05, 0.1) is 5.75 Å². The van der Waals surface area contributed by atoms with Crippen LogP contribution in [0.2, 0.25) is 0 Å². The molecule has 1 aliphatic rings. The lowest BCUT2D eigenvalue weighted by Gasteiger charge is -2.30. The highest BCUT2D eigenvalue weighted by atomic mass is 32.2. The number of nitrogens with zero attached hydrogens (tertiary/aromatic N) is 4. The fraction of sp³-hybridized carbons (Fsp3) is 0.304. The molecule has 2 N–H and O–H groups in total. The molecule has 31 heavy (non-hydrogen) atoms. The molecule has 0 atom stereocenters. The van der Waals surface area contributed by atoms with Crippen LogP contribution in [0.5, 0.6) is 0 Å². The van der Waals surface area contributed by atoms with E-state index in [0.717, 1.165) is 22.6 Å². The quantitative estimate of drug-likeness (QED) is 0.601. The van der Waals surface area contributed by atoms with Crippen molar-refractivity contribution in [3.8, 4) is 17.1 Å². The molecule has 3 aromatic rings. The molecule has 1 aromatic heterocycles. The highest BCUT2D eigenvalue weighted by Gasteiger charge is 2.26. The van der Waals surface area contributed by atoms with Crippen LogP contribution in [-0.4, -0.2) is 50.3 Å². The largest absolute Gasteiger partial charge is 0.369 e. The van der Waals surface area contributed by atoms with Crippen LogP contribution in [-0.2, 0) is 9.59 Å². The molecule has 1 aliphatic heterocycles. The third kappa shape index (κ3) is 4.80. The van der Waals surface area contributed by atoms with E-state index in [1.54, 1.807) is 4.90 Å². The number of nitrogens with two attached hydrogens (primary N) is 1. The Kier molecular flexibility index (Phi) is 6.36. The van der Waals surface area contributed by atoms with Gasteiger partial charge in [-0.1, -0.05) is 53.7 Å². The zero-order chi connectivity index (χ0) is 21.8. The molecule has 0 bridgehead atoms. The second-order valence-electron chi connectivity index (χ2n) is 7.69. The van der Waals surface area contributed by atoms with Gasteiger partial charge in [-0.05, 0) is 38.0 Å². The SMILES string of the molecule is Cc1cccc(-c2nnc(SCC(=O)N3CCC(C(N)=O)CC3)n2-c2ccccc2)c1. The highest BCUT2D eigenvalue weighted by molar-refractivity contribution is 7.99. The van der Waals surface area contributed by atoms with Gasteiger partial charge in [0.2, 0.25) is 11.8 Å². The average molecular weight is 436 g/mol. The molecule has 0 unspecified atom stereocenters. The maximum absolute atomic E-state index is 12.7. The van der Waals surface area contributed by atoms with E-state index < -0.39 is 0 Å². The van der Waals surface area contributed by atoms with Gasteiger partial charge in [0.15, 0.2) is 11.0 Å². The Morgan fingerprint density at radius 3 is 2.48 bits per heavy atom. The maximum atomic E-state index is 12.7. The molecule has 160 valence electrons. The van der Waals surface area contributed by atoms with Crippen molar-refractivity contribution >= 4 is 23.6 Å². The third-order valence-corrected chi connectivity index (χ3v) is 6.41. The first-order valence-electron chi connectivity index (χ1n) is 10.3. The highest BCUT2D eigenvalue weighted by Crippen LogP contribution is 2.29. The van der Waals surface area contributed by atoms with Crippen molar-refractivity contribution in [3.05, 3.63) is 60.2 Å². The van der Waals surface area contributed by atoms with Gasteiger partial charge in [0, 0.05) is 30.3 Å². The average Bonchev–Trinajstić information content (AvgIpc) is 3.22. The van der Waals surface area contributed by atoms with E-state index in [1.165, 1.54) is 11.8 Å². The smallest absolute Gasteiger partial charge is 0.233 e. The molecule has 2 aromatic carbocycles. The number of para-hydroxylation sites is 1. The number of benzene rings is 2. The van der Waals surface area contributed by atoms with Crippen LogP contribution in [0.25, 0.3) is 17.1 Å². The van der Waals surface area contributed by atoms with Crippen LogP contribution in [0.1, 0.15) is 18.4 Å². The number of piperidine rings is 1. The Balaban J connectivity index is 1.54. The van der Waals surface area contributed by atoms with Gasteiger partial charge in [0.25, 0.3) is 0 Å². The van der Waals surface area contributed by atoms with Crippen molar-refractivity contribution in [3.63, 3.8) is 0 Å². The van der Waals surface area contributed by atoms with Crippen LogP contribution in [0.3, 0.4) is 0 Å². The summed E-state index contributed by atoms with van der Waals surface area (Å²) in [6.45, 7) is 3.17. The number of thioether (sulfide) groups is 1. The first kappa shape index (κ1) is 21.1. The van der Waals surface area contributed by atoms with E-state index in [2.05, 4.69) is 16.3 Å². The number of hydrogen-bond donors (Lipinski definition) is 1. The summed E-state index contributed by atoms with van der Waals surface area (Å²) in [5.41, 5.74) is 8.45. The molecule has 1 saturated heterocycles. The van der Waals surface area contributed by atoms with Crippen LogP contribution in [0.15, 0.2) is 59.8 Å². The Morgan fingerprint density at radius 1 is 1.06 bits per heavy atom. The van der Waals surface area contributed by atoms with Gasteiger partial charge in [0.1, 0.15) is 0 Å². The fourth-order valence-electron chi connectivity index (χ4n) is 3.78. The lowest BCUT2D eigenvalue weighted by Crippen LogP contribution is -2.42. The van der Waals surface area contributed by atoms with Gasteiger partial charge < -0.3 is 10.6 Å². The predicted molar refractivity (Wildman–Crippen MR) is 121 cm³/mol. The Hall–Kier alpha value is -3.13. The van der Waals surface area contributed by atoms with Crippen molar-refractivity contribution in [1.82, 2.24) is 19.7 Å². The summed E-state index contributed by atoms with van der Waals surface area (Å²) >= 11 is 1.38. The minimum atomic E-state index is -0.277. The normalized spacial score (nSPS) is 14.5. The minimum Gasteiger partial charge on any atom is -0.369 e. The molecule has 2 heterocycles. The summed E-state index contributed by atoms with van der Waals surface area (Å²) in [5, 5.41) is 9.50. The van der Waals surface area contributed by atoms with Gasteiger partial charge in [-0.15, -0.1) is 10.2 Å². The van der Waals surface area contributed by atoms with Crippen LogP contribution >= 0.6 is 11.8 Å². The van der Waals surface area contributed by atoms with E-state index in [0.29, 0.717) is 31.1 Å². The molecule has 0 aliphatic carbocycles. The summed E-state index contributed by atoms with van der Waals surface area (Å²) in [6, 6.07) is 18.0. The molecule has 0 spiro atoms. The number of primary amides is 1. The third-order valence-electron chi connectivity index (χ3n) is 5.50. The van der Waals surface area contributed by atoms with Crippen molar-refractivity contribution in [2.24, 2.45) is 11.7 Å². The summed E-state index contributed by atoms with van der Waals surface area (Å²) in [4.78, 5) is 25.9. The molecule has 2 amide bonds. The number of amides is 2. The molecule has 4 rings (SSSR count). The summed E-state index contributed by atoms with van der Waals surface area (Å²) in [5.74, 6) is 0.635. The maximum Gasteiger partial charge on any atom is 0.233 e. The van der Waals surface area contributed by atoms with Gasteiger partial charge >= 0.3 is 0 Å². The second-order valence-corrected chi connectivity index (χ2v) is 8.64. The fourth-order valence-corrected chi connectivity index (χ4v) is 4.63. The van der Waals surface area contributed by atoms with Gasteiger partial charge in [-0.3, -0.25) is 14.2 Å². The van der Waals surface area contributed by atoms with Crippen molar-refractivity contribution in [2.75, 3.05) is 18.8 Å². The molecule has 7 nitrogen and oxygen atoms in total. The van der Waals surface area contributed by atoms with Crippen molar-refractivity contribution in [1.29, 1.82) is 0 Å². The first-order valence-corrected chi connectivity index (χ1v) is 11.3. The topological polar surface area (TPSA) is 94.1 Å². The first-order chi connectivity index (χ1) is 15.0. The number of aromatic nitrogens is 3. The number of likely N-dealkylation sites (tertiary alicyclic amines) is 1. The zero-order valence-corrected chi connectivity index (χ0v) is 18.2. The van der Waals surface area contributed by atoms with Crippen molar-refractivity contribution in [2.45, 2.75) is 24.9 Å². The van der Waals surface area contributed by atoms with Gasteiger partial charge in [-0.2, -0.15) is 0 Å². The van der Waals surface area contributed by atoms with Crippen molar-refractivity contribution < 1.29 is 9.59 Å². The van der Waals surface area contributed by atoms with Gasteiger partial charge in [-0.25, -0.2) is 0 Å². The molecular weight excluding hydrogens is 410 g/mol. The summed E-state index contributed by atoms with van der Waals surface area (Å²) < 4.78 is 1.99. The van der Waals surface area contributed by atoms with Crippen LogP contribution in [0.4, 0.5) is 0 Å². The zero-order valence-electron chi connectivity index (χ0n) is 17.4. The van der Waals surface area contributed by atoms with E-state index in [-0.39, 0.29) is 23.5 Å².